The largest absolute Gasteiger partial charge is 0.322 e. The summed E-state index contributed by atoms with van der Waals surface area (Å²) in [5.41, 5.74) is 1.12. The number of rotatable bonds is 0. The Labute approximate surface area is 92.2 Å². The molecule has 0 unspecified atom stereocenters. The molecular weight excluding hydrogens is 198 g/mol. The van der Waals surface area contributed by atoms with Crippen LogP contribution in [0.1, 0.15) is 5.56 Å². The van der Waals surface area contributed by atoms with Crippen LogP contribution in [0.2, 0.25) is 0 Å². The molecule has 0 saturated heterocycles. The van der Waals surface area contributed by atoms with E-state index in [2.05, 4.69) is 18.5 Å². The summed E-state index contributed by atoms with van der Waals surface area (Å²) < 4.78 is 0. The highest BCUT2D eigenvalue weighted by Crippen LogP contribution is 2.24. The Hall–Kier alpha value is -2.09. The van der Waals surface area contributed by atoms with E-state index in [0.29, 0.717) is 5.35 Å². The number of aryl methyl sites for hydroxylation is 1. The zero-order valence-corrected chi connectivity index (χ0v) is 9.00. The Morgan fingerprint density at radius 2 is 1.81 bits per heavy atom. The van der Waals surface area contributed by atoms with Gasteiger partial charge in [-0.05, 0) is 23.9 Å². The van der Waals surface area contributed by atoms with Crippen molar-refractivity contribution in [3.05, 3.63) is 51.6 Å². The van der Waals surface area contributed by atoms with Crippen molar-refractivity contribution in [2.24, 2.45) is 0 Å². The standard InChI is InChI=1S/C14H11NO/c1-8-6-7-12-13-10(8)4-3-5-11(13)9(2)15-14(12)16/h3-7H,2H2,1H3,(H,15,16). The molecular formula is C14H11NO. The van der Waals surface area contributed by atoms with Crippen LogP contribution in [0.5, 0.6) is 0 Å². The van der Waals surface area contributed by atoms with E-state index in [1.807, 2.05) is 30.3 Å². The van der Waals surface area contributed by atoms with Gasteiger partial charge in [0.1, 0.15) is 0 Å². The molecule has 0 bridgehead atoms. The van der Waals surface area contributed by atoms with Crippen molar-refractivity contribution in [1.29, 1.82) is 0 Å². The van der Waals surface area contributed by atoms with E-state index in [1.54, 1.807) is 0 Å². The lowest BCUT2D eigenvalue weighted by Crippen LogP contribution is -2.19. The van der Waals surface area contributed by atoms with Gasteiger partial charge in [0, 0.05) is 21.5 Å². The Bertz CT molecular complexity index is 769. The number of aromatic amines is 1. The number of benzene rings is 2. The molecule has 0 spiro atoms. The topological polar surface area (TPSA) is 32.9 Å². The predicted molar refractivity (Wildman–Crippen MR) is 67.6 cm³/mol. The van der Waals surface area contributed by atoms with Crippen LogP contribution in [0.25, 0.3) is 28.1 Å². The number of nitrogens with one attached hydrogen (secondary N) is 1. The fraction of sp³-hybridized carbons (Fsp3) is 0.0714. The maximum atomic E-state index is 11.8. The first-order valence-electron chi connectivity index (χ1n) is 5.21. The molecule has 2 aromatic carbocycles. The van der Waals surface area contributed by atoms with Gasteiger partial charge in [-0.3, -0.25) is 4.79 Å². The predicted octanol–water partition coefficient (Wildman–Crippen LogP) is 2.12. The molecule has 1 heterocycles. The Kier molecular flexibility index (Phi) is 1.69. The minimum atomic E-state index is -0.0614. The van der Waals surface area contributed by atoms with Gasteiger partial charge in [-0.25, -0.2) is 0 Å². The zero-order valence-electron chi connectivity index (χ0n) is 9.00. The molecule has 0 saturated carbocycles. The summed E-state index contributed by atoms with van der Waals surface area (Å²) in [6.07, 6.45) is 0. The summed E-state index contributed by atoms with van der Waals surface area (Å²) in [5, 5.41) is 4.61. The minimum Gasteiger partial charge on any atom is -0.322 e. The number of pyridine rings is 1. The second-order valence-corrected chi connectivity index (χ2v) is 4.09. The van der Waals surface area contributed by atoms with Gasteiger partial charge >= 0.3 is 0 Å². The van der Waals surface area contributed by atoms with Crippen LogP contribution >= 0.6 is 0 Å². The van der Waals surface area contributed by atoms with Crippen molar-refractivity contribution in [2.45, 2.75) is 6.92 Å². The molecule has 3 rings (SSSR count). The van der Waals surface area contributed by atoms with Gasteiger partial charge < -0.3 is 4.98 Å². The number of hydrogen-bond donors (Lipinski definition) is 1. The summed E-state index contributed by atoms with van der Waals surface area (Å²) in [6.45, 7) is 5.94. The van der Waals surface area contributed by atoms with Gasteiger partial charge in [-0.2, -0.15) is 0 Å². The molecule has 0 fully saturated rings. The van der Waals surface area contributed by atoms with E-state index in [-0.39, 0.29) is 5.56 Å². The fourth-order valence-corrected chi connectivity index (χ4v) is 2.26. The van der Waals surface area contributed by atoms with Crippen LogP contribution in [0.3, 0.4) is 0 Å². The van der Waals surface area contributed by atoms with E-state index in [0.717, 1.165) is 21.5 Å². The molecule has 3 aromatic rings. The molecule has 0 amide bonds. The van der Waals surface area contributed by atoms with Crippen molar-refractivity contribution in [3.63, 3.8) is 0 Å². The maximum Gasteiger partial charge on any atom is 0.256 e. The molecule has 1 N–H and O–H groups in total. The Balaban J connectivity index is 2.84. The normalized spacial score (nSPS) is 11.3. The lowest BCUT2D eigenvalue weighted by atomic mass is 9.99. The minimum absolute atomic E-state index is 0.0614. The summed E-state index contributed by atoms with van der Waals surface area (Å²) in [7, 11) is 0. The fourth-order valence-electron chi connectivity index (χ4n) is 2.26. The van der Waals surface area contributed by atoms with Gasteiger partial charge in [0.2, 0.25) is 0 Å². The first-order valence-corrected chi connectivity index (χ1v) is 5.21. The van der Waals surface area contributed by atoms with Crippen molar-refractivity contribution in [1.82, 2.24) is 4.98 Å². The summed E-state index contributed by atoms with van der Waals surface area (Å²) in [4.78, 5) is 14.6. The van der Waals surface area contributed by atoms with Gasteiger partial charge in [-0.1, -0.05) is 30.8 Å². The van der Waals surface area contributed by atoms with Gasteiger partial charge in [0.15, 0.2) is 0 Å². The van der Waals surface area contributed by atoms with Gasteiger partial charge in [-0.15, -0.1) is 0 Å². The second kappa shape index (κ2) is 2.95. The van der Waals surface area contributed by atoms with E-state index in [1.165, 1.54) is 5.56 Å². The number of H-pyrrole nitrogens is 1. The zero-order chi connectivity index (χ0) is 11.3. The molecule has 0 aliphatic heterocycles. The molecule has 16 heavy (non-hydrogen) atoms. The lowest BCUT2D eigenvalue weighted by molar-refractivity contribution is 1.24. The van der Waals surface area contributed by atoms with Gasteiger partial charge in [0.25, 0.3) is 5.56 Å². The highest BCUT2D eigenvalue weighted by Gasteiger charge is 2.07. The third-order valence-corrected chi connectivity index (χ3v) is 3.09. The summed E-state index contributed by atoms with van der Waals surface area (Å²) in [6, 6.07) is 9.89. The smallest absolute Gasteiger partial charge is 0.256 e. The third kappa shape index (κ3) is 1.04. The quantitative estimate of drug-likeness (QED) is 0.604. The van der Waals surface area contributed by atoms with Crippen molar-refractivity contribution >= 4 is 28.1 Å². The Morgan fingerprint density at radius 3 is 2.62 bits per heavy atom. The van der Waals surface area contributed by atoms with E-state index < -0.39 is 0 Å². The van der Waals surface area contributed by atoms with Gasteiger partial charge in [0.05, 0.1) is 0 Å². The van der Waals surface area contributed by atoms with E-state index >= 15 is 0 Å². The Morgan fingerprint density at radius 1 is 1.06 bits per heavy atom. The summed E-state index contributed by atoms with van der Waals surface area (Å²) >= 11 is 0. The molecule has 0 aliphatic rings. The number of aromatic nitrogens is 1. The molecule has 78 valence electrons. The highest BCUT2D eigenvalue weighted by molar-refractivity contribution is 6.10. The first-order chi connectivity index (χ1) is 7.68. The van der Waals surface area contributed by atoms with Crippen LogP contribution in [0, 0.1) is 6.92 Å². The SMILES string of the molecule is C=c1[nH]c(=O)c2ccc(C)c3cccc1c32. The second-order valence-electron chi connectivity index (χ2n) is 4.09. The van der Waals surface area contributed by atoms with Crippen LogP contribution in [-0.4, -0.2) is 4.98 Å². The average Bonchev–Trinajstić information content (AvgIpc) is 2.27. The molecule has 1 aromatic heterocycles. The first kappa shape index (κ1) is 9.16. The summed E-state index contributed by atoms with van der Waals surface area (Å²) in [5.74, 6) is 0. The monoisotopic (exact) mass is 209 g/mol. The van der Waals surface area contributed by atoms with Crippen LogP contribution in [0.4, 0.5) is 0 Å². The molecule has 2 nitrogen and oxygen atoms in total. The molecule has 0 radical (unpaired) electrons. The average molecular weight is 209 g/mol. The number of hydrogen-bond acceptors (Lipinski definition) is 1. The molecule has 0 aliphatic carbocycles. The van der Waals surface area contributed by atoms with E-state index in [4.69, 9.17) is 0 Å². The van der Waals surface area contributed by atoms with E-state index in [9.17, 15) is 4.79 Å². The maximum absolute atomic E-state index is 11.8. The van der Waals surface area contributed by atoms with Crippen molar-refractivity contribution in [3.8, 4) is 0 Å². The lowest BCUT2D eigenvalue weighted by Gasteiger charge is -2.07. The van der Waals surface area contributed by atoms with Crippen molar-refractivity contribution in [2.75, 3.05) is 0 Å². The van der Waals surface area contributed by atoms with Crippen molar-refractivity contribution < 1.29 is 0 Å². The van der Waals surface area contributed by atoms with Crippen LogP contribution < -0.4 is 10.9 Å². The highest BCUT2D eigenvalue weighted by atomic mass is 16.1. The molecule has 2 heteroatoms. The third-order valence-electron chi connectivity index (χ3n) is 3.09. The van der Waals surface area contributed by atoms with Crippen LogP contribution in [-0.2, 0) is 0 Å². The van der Waals surface area contributed by atoms with Crippen LogP contribution in [0.15, 0.2) is 35.1 Å². The molecule has 0 atom stereocenters.